The van der Waals surface area contributed by atoms with Gasteiger partial charge in [0.05, 0.1) is 5.69 Å². The molecule has 3 aromatic carbocycles. The molecule has 0 fully saturated rings. The highest BCUT2D eigenvalue weighted by atomic mass is 79.9. The van der Waals surface area contributed by atoms with Crippen LogP contribution in [0.5, 0.6) is 0 Å². The third-order valence-corrected chi connectivity index (χ3v) is 5.38. The molecule has 0 amide bonds. The van der Waals surface area contributed by atoms with Crippen LogP contribution in [0.4, 0.5) is 11.4 Å². The molecule has 0 aromatic heterocycles. The van der Waals surface area contributed by atoms with Crippen LogP contribution in [-0.2, 0) is 5.41 Å². The topological polar surface area (TPSA) is 12.0 Å². The van der Waals surface area contributed by atoms with E-state index in [0.717, 1.165) is 15.8 Å². The van der Waals surface area contributed by atoms with E-state index in [-0.39, 0.29) is 5.41 Å². The van der Waals surface area contributed by atoms with Crippen molar-refractivity contribution in [1.29, 1.82) is 0 Å². The first kappa shape index (κ1) is 14.5. The summed E-state index contributed by atoms with van der Waals surface area (Å²) in [6.45, 7) is 4.61. The van der Waals surface area contributed by atoms with E-state index in [1.165, 1.54) is 22.3 Å². The molecule has 4 rings (SSSR count). The van der Waals surface area contributed by atoms with Crippen LogP contribution in [0.25, 0.3) is 11.1 Å². The smallest absolute Gasteiger partial charge is 0.0532 e. The van der Waals surface area contributed by atoms with Gasteiger partial charge in [-0.25, -0.2) is 0 Å². The second-order valence-corrected chi connectivity index (χ2v) is 7.39. The van der Waals surface area contributed by atoms with Crippen molar-refractivity contribution in [2.24, 2.45) is 0 Å². The van der Waals surface area contributed by atoms with Crippen LogP contribution in [-0.4, -0.2) is 0 Å². The van der Waals surface area contributed by atoms with Crippen LogP contribution in [0.3, 0.4) is 0 Å². The fourth-order valence-corrected chi connectivity index (χ4v) is 3.94. The summed E-state index contributed by atoms with van der Waals surface area (Å²) >= 11 is 3.73. The summed E-state index contributed by atoms with van der Waals surface area (Å²) in [5, 5.41) is 3.52. The average molecular weight is 364 g/mol. The van der Waals surface area contributed by atoms with Crippen molar-refractivity contribution < 1.29 is 0 Å². The van der Waals surface area contributed by atoms with Gasteiger partial charge < -0.3 is 5.32 Å². The quantitative estimate of drug-likeness (QED) is 0.547. The Morgan fingerprint density at radius 1 is 0.783 bits per heavy atom. The molecular weight excluding hydrogens is 346 g/mol. The van der Waals surface area contributed by atoms with Crippen LogP contribution >= 0.6 is 15.9 Å². The average Bonchev–Trinajstić information content (AvgIpc) is 2.77. The maximum Gasteiger partial charge on any atom is 0.0532 e. The van der Waals surface area contributed by atoms with Crippen LogP contribution in [0.1, 0.15) is 25.0 Å². The Labute approximate surface area is 145 Å². The minimum atomic E-state index is 0.0275. The monoisotopic (exact) mass is 363 g/mol. The number of benzene rings is 3. The maximum atomic E-state index is 3.73. The fourth-order valence-electron chi connectivity index (χ4n) is 3.49. The van der Waals surface area contributed by atoms with Crippen molar-refractivity contribution >= 4 is 27.3 Å². The second kappa shape index (κ2) is 5.24. The first-order chi connectivity index (χ1) is 11.1. The Morgan fingerprint density at radius 2 is 1.48 bits per heavy atom. The van der Waals surface area contributed by atoms with Crippen LogP contribution in [0, 0.1) is 0 Å². The van der Waals surface area contributed by atoms with Crippen molar-refractivity contribution in [3.05, 3.63) is 82.3 Å². The van der Waals surface area contributed by atoms with E-state index in [9.17, 15) is 0 Å². The molecule has 1 aliphatic rings. The standard InChI is InChI=1S/C21H18BrN/c1-21(2)17-11-7-6-10-15(17)16-12-19(22)20(13-18(16)21)23-14-8-4-3-5-9-14/h3-13,23H,1-2H3. The minimum Gasteiger partial charge on any atom is -0.355 e. The summed E-state index contributed by atoms with van der Waals surface area (Å²) in [6, 6.07) is 23.5. The molecule has 0 unspecified atom stereocenters. The van der Waals surface area contributed by atoms with Gasteiger partial charge in [-0.15, -0.1) is 0 Å². The van der Waals surface area contributed by atoms with E-state index in [1.54, 1.807) is 0 Å². The Bertz CT molecular complexity index is 882. The molecule has 1 N–H and O–H groups in total. The molecule has 0 bridgehead atoms. The van der Waals surface area contributed by atoms with Crippen molar-refractivity contribution in [1.82, 2.24) is 0 Å². The van der Waals surface area contributed by atoms with Crippen LogP contribution in [0.2, 0.25) is 0 Å². The van der Waals surface area contributed by atoms with Gasteiger partial charge >= 0.3 is 0 Å². The zero-order chi connectivity index (χ0) is 16.0. The van der Waals surface area contributed by atoms with E-state index in [4.69, 9.17) is 0 Å². The molecule has 0 spiro atoms. The SMILES string of the molecule is CC1(C)c2ccccc2-c2cc(Br)c(Nc3ccccc3)cc21. The first-order valence-electron chi connectivity index (χ1n) is 7.83. The van der Waals surface area contributed by atoms with Crippen molar-refractivity contribution in [2.75, 3.05) is 5.32 Å². The molecule has 0 radical (unpaired) electrons. The molecule has 2 heteroatoms. The third kappa shape index (κ3) is 2.29. The van der Waals surface area contributed by atoms with Gasteiger partial charge in [0, 0.05) is 15.6 Å². The largest absolute Gasteiger partial charge is 0.355 e. The lowest BCUT2D eigenvalue weighted by Gasteiger charge is -2.22. The summed E-state index contributed by atoms with van der Waals surface area (Å²) in [5.74, 6) is 0. The molecule has 1 aliphatic carbocycles. The fraction of sp³-hybridized carbons (Fsp3) is 0.143. The van der Waals surface area contributed by atoms with Gasteiger partial charge in [-0.2, -0.15) is 0 Å². The van der Waals surface area contributed by atoms with Gasteiger partial charge in [-0.05, 0) is 62.4 Å². The highest BCUT2D eigenvalue weighted by molar-refractivity contribution is 9.10. The number of nitrogens with one attached hydrogen (secondary N) is 1. The van der Waals surface area contributed by atoms with E-state index < -0.39 is 0 Å². The van der Waals surface area contributed by atoms with Crippen LogP contribution in [0.15, 0.2) is 71.2 Å². The summed E-state index contributed by atoms with van der Waals surface area (Å²) in [4.78, 5) is 0. The normalized spacial score (nSPS) is 14.2. The molecule has 0 saturated carbocycles. The highest BCUT2D eigenvalue weighted by Crippen LogP contribution is 2.50. The van der Waals surface area contributed by atoms with Gasteiger partial charge in [0.1, 0.15) is 0 Å². The van der Waals surface area contributed by atoms with Gasteiger partial charge in [-0.1, -0.05) is 56.3 Å². The lowest BCUT2D eigenvalue weighted by Crippen LogP contribution is -2.15. The number of halogens is 1. The van der Waals surface area contributed by atoms with Gasteiger partial charge in [-0.3, -0.25) is 0 Å². The lowest BCUT2D eigenvalue weighted by atomic mass is 9.82. The molecule has 114 valence electrons. The number of hydrogen-bond acceptors (Lipinski definition) is 1. The van der Waals surface area contributed by atoms with E-state index in [1.807, 2.05) is 18.2 Å². The molecule has 0 saturated heterocycles. The molecule has 0 heterocycles. The lowest BCUT2D eigenvalue weighted by molar-refractivity contribution is 0.660. The van der Waals surface area contributed by atoms with Crippen LogP contribution < -0.4 is 5.32 Å². The predicted molar refractivity (Wildman–Crippen MR) is 101 cm³/mol. The first-order valence-corrected chi connectivity index (χ1v) is 8.62. The highest BCUT2D eigenvalue weighted by Gasteiger charge is 2.35. The van der Waals surface area contributed by atoms with Crippen molar-refractivity contribution in [3.63, 3.8) is 0 Å². The minimum absolute atomic E-state index is 0.0275. The summed E-state index contributed by atoms with van der Waals surface area (Å²) in [7, 11) is 0. The Balaban J connectivity index is 1.85. The molecule has 0 aliphatic heterocycles. The number of anilines is 2. The zero-order valence-electron chi connectivity index (χ0n) is 13.2. The second-order valence-electron chi connectivity index (χ2n) is 6.54. The molecular formula is C21H18BrN. The van der Waals surface area contributed by atoms with Gasteiger partial charge in [0.15, 0.2) is 0 Å². The van der Waals surface area contributed by atoms with Crippen molar-refractivity contribution in [3.8, 4) is 11.1 Å². The third-order valence-electron chi connectivity index (χ3n) is 4.72. The Kier molecular flexibility index (Phi) is 3.31. The number of rotatable bonds is 2. The summed E-state index contributed by atoms with van der Waals surface area (Å²) in [5.41, 5.74) is 7.69. The van der Waals surface area contributed by atoms with E-state index in [2.05, 4.69) is 83.6 Å². The molecule has 23 heavy (non-hydrogen) atoms. The van der Waals surface area contributed by atoms with Gasteiger partial charge in [0.2, 0.25) is 0 Å². The summed E-state index contributed by atoms with van der Waals surface area (Å²) < 4.78 is 1.09. The zero-order valence-corrected chi connectivity index (χ0v) is 14.8. The predicted octanol–water partition coefficient (Wildman–Crippen LogP) is 6.50. The Hall–Kier alpha value is -2.06. The summed E-state index contributed by atoms with van der Waals surface area (Å²) in [6.07, 6.45) is 0. The van der Waals surface area contributed by atoms with Crippen molar-refractivity contribution in [2.45, 2.75) is 19.3 Å². The maximum absolute atomic E-state index is 3.73. The Morgan fingerprint density at radius 3 is 2.26 bits per heavy atom. The van der Waals surface area contributed by atoms with E-state index >= 15 is 0 Å². The number of para-hydroxylation sites is 1. The van der Waals surface area contributed by atoms with Gasteiger partial charge in [0.25, 0.3) is 0 Å². The number of fused-ring (bicyclic) bond motifs is 3. The van der Waals surface area contributed by atoms with E-state index in [0.29, 0.717) is 0 Å². The molecule has 1 nitrogen and oxygen atoms in total. The molecule has 0 atom stereocenters. The molecule has 3 aromatic rings. The number of hydrogen-bond donors (Lipinski definition) is 1.